The summed E-state index contributed by atoms with van der Waals surface area (Å²) in [5.74, 6) is -0.655. The molecule has 0 atom stereocenters. The second-order valence-electron chi connectivity index (χ2n) is 3.01. The van der Waals surface area contributed by atoms with E-state index in [1.807, 2.05) is 0 Å². The first-order valence-electron chi connectivity index (χ1n) is 4.04. The normalized spacial score (nSPS) is 11.1. The molecule has 0 amide bonds. The Bertz CT molecular complexity index is 493. The zero-order valence-corrected chi connectivity index (χ0v) is 9.17. The second kappa shape index (κ2) is 3.90. The highest BCUT2D eigenvalue weighted by atomic mass is 32.2. The summed E-state index contributed by atoms with van der Waals surface area (Å²) in [6, 6.07) is 3.91. The highest BCUT2D eigenvalue weighted by Crippen LogP contribution is 2.18. The molecule has 82 valence electrons. The summed E-state index contributed by atoms with van der Waals surface area (Å²) in [5.41, 5.74) is 5.76. The van der Waals surface area contributed by atoms with Crippen molar-refractivity contribution in [2.45, 2.75) is 4.90 Å². The van der Waals surface area contributed by atoms with E-state index in [9.17, 15) is 13.2 Å². The fourth-order valence-corrected chi connectivity index (χ4v) is 1.70. The summed E-state index contributed by atoms with van der Waals surface area (Å²) in [6.45, 7) is 0. The van der Waals surface area contributed by atoms with Gasteiger partial charge in [0, 0.05) is 11.9 Å². The van der Waals surface area contributed by atoms with Gasteiger partial charge in [-0.3, -0.25) is 0 Å². The first-order chi connectivity index (χ1) is 6.86. The number of ether oxygens (including phenoxy) is 1. The van der Waals surface area contributed by atoms with Crippen molar-refractivity contribution >= 4 is 21.5 Å². The molecule has 0 spiro atoms. The van der Waals surface area contributed by atoms with Crippen LogP contribution >= 0.6 is 0 Å². The van der Waals surface area contributed by atoms with Crippen LogP contribution in [0.25, 0.3) is 0 Å². The largest absolute Gasteiger partial charge is 0.465 e. The van der Waals surface area contributed by atoms with E-state index in [1.54, 1.807) is 0 Å². The van der Waals surface area contributed by atoms with Crippen LogP contribution in [0.4, 0.5) is 5.69 Å². The molecule has 0 unspecified atom stereocenters. The number of hydrogen-bond donors (Lipinski definition) is 1. The molecule has 1 aromatic carbocycles. The fraction of sp³-hybridized carbons (Fsp3) is 0.222. The molecule has 0 fully saturated rings. The number of rotatable bonds is 2. The Balaban J connectivity index is 3.36. The summed E-state index contributed by atoms with van der Waals surface area (Å²) in [5, 5.41) is 0. The number of methoxy groups -OCH3 is 1. The van der Waals surface area contributed by atoms with Crippen molar-refractivity contribution in [2.75, 3.05) is 19.1 Å². The molecular weight excluding hydrogens is 218 g/mol. The van der Waals surface area contributed by atoms with Crippen LogP contribution in [-0.2, 0) is 14.6 Å². The van der Waals surface area contributed by atoms with Crippen LogP contribution in [-0.4, -0.2) is 27.8 Å². The van der Waals surface area contributed by atoms with E-state index in [0.29, 0.717) is 0 Å². The van der Waals surface area contributed by atoms with Gasteiger partial charge in [0.05, 0.1) is 17.6 Å². The molecule has 0 aromatic heterocycles. The highest BCUT2D eigenvalue weighted by Gasteiger charge is 2.14. The van der Waals surface area contributed by atoms with Gasteiger partial charge < -0.3 is 10.5 Å². The monoisotopic (exact) mass is 229 g/mol. The molecule has 6 heteroatoms. The van der Waals surface area contributed by atoms with Gasteiger partial charge in [-0.05, 0) is 18.2 Å². The van der Waals surface area contributed by atoms with Gasteiger partial charge in [0.1, 0.15) is 0 Å². The smallest absolute Gasteiger partial charge is 0.339 e. The maximum atomic E-state index is 11.2. The lowest BCUT2D eigenvalue weighted by Crippen LogP contribution is -2.07. The standard InChI is InChI=1S/C9H11NO4S/c1-14-9(11)7-5-6(15(2,12)13)3-4-8(7)10/h3-5H,10H2,1-2H3. The number of nitrogens with two attached hydrogens (primary N) is 1. The topological polar surface area (TPSA) is 86.5 Å². The fourth-order valence-electron chi connectivity index (χ4n) is 1.05. The van der Waals surface area contributed by atoms with Gasteiger partial charge in [0.25, 0.3) is 0 Å². The van der Waals surface area contributed by atoms with E-state index in [-0.39, 0.29) is 16.1 Å². The van der Waals surface area contributed by atoms with E-state index < -0.39 is 15.8 Å². The van der Waals surface area contributed by atoms with Crippen molar-refractivity contribution in [2.24, 2.45) is 0 Å². The molecule has 1 aromatic rings. The van der Waals surface area contributed by atoms with E-state index in [1.165, 1.54) is 25.3 Å². The lowest BCUT2D eigenvalue weighted by molar-refractivity contribution is 0.0601. The van der Waals surface area contributed by atoms with Crippen LogP contribution in [0.15, 0.2) is 23.1 Å². The van der Waals surface area contributed by atoms with Crippen LogP contribution in [0.5, 0.6) is 0 Å². The first-order valence-corrected chi connectivity index (χ1v) is 5.93. The average Bonchev–Trinajstić information content (AvgIpc) is 2.15. The maximum absolute atomic E-state index is 11.2. The Morgan fingerprint density at radius 2 is 2.00 bits per heavy atom. The third-order valence-electron chi connectivity index (χ3n) is 1.86. The number of sulfone groups is 1. The summed E-state index contributed by atoms with van der Waals surface area (Å²) in [4.78, 5) is 11.3. The van der Waals surface area contributed by atoms with Crippen molar-refractivity contribution in [3.05, 3.63) is 23.8 Å². The summed E-state index contributed by atoms with van der Waals surface area (Å²) >= 11 is 0. The lowest BCUT2D eigenvalue weighted by atomic mass is 10.2. The molecule has 5 nitrogen and oxygen atoms in total. The minimum Gasteiger partial charge on any atom is -0.465 e. The molecule has 0 radical (unpaired) electrons. The van der Waals surface area contributed by atoms with E-state index in [0.717, 1.165) is 6.26 Å². The van der Waals surface area contributed by atoms with Crippen LogP contribution < -0.4 is 5.73 Å². The minimum atomic E-state index is -3.35. The summed E-state index contributed by atoms with van der Waals surface area (Å²) in [6.07, 6.45) is 1.06. The summed E-state index contributed by atoms with van der Waals surface area (Å²) < 4.78 is 26.9. The molecule has 2 N–H and O–H groups in total. The number of carbonyl (C=O) groups excluding carboxylic acids is 1. The Labute approximate surface area is 87.8 Å². The van der Waals surface area contributed by atoms with Gasteiger partial charge in [0.2, 0.25) is 0 Å². The lowest BCUT2D eigenvalue weighted by Gasteiger charge is -2.05. The molecular formula is C9H11NO4S. The van der Waals surface area contributed by atoms with Crippen molar-refractivity contribution in [1.82, 2.24) is 0 Å². The number of carbonyl (C=O) groups is 1. The van der Waals surface area contributed by atoms with Crippen molar-refractivity contribution in [3.63, 3.8) is 0 Å². The number of nitrogen functional groups attached to an aromatic ring is 1. The molecule has 0 aliphatic carbocycles. The third-order valence-corrected chi connectivity index (χ3v) is 2.97. The van der Waals surface area contributed by atoms with Gasteiger partial charge >= 0.3 is 5.97 Å². The molecule has 0 bridgehead atoms. The minimum absolute atomic E-state index is 0.0390. The van der Waals surface area contributed by atoms with Gasteiger partial charge in [0.15, 0.2) is 9.84 Å². The summed E-state index contributed by atoms with van der Waals surface area (Å²) in [7, 11) is -2.14. The SMILES string of the molecule is COC(=O)c1cc(S(C)(=O)=O)ccc1N. The zero-order chi connectivity index (χ0) is 11.6. The van der Waals surface area contributed by atoms with Crippen molar-refractivity contribution < 1.29 is 17.9 Å². The van der Waals surface area contributed by atoms with E-state index in [4.69, 9.17) is 5.73 Å². The first kappa shape index (κ1) is 11.5. The number of hydrogen-bond acceptors (Lipinski definition) is 5. The average molecular weight is 229 g/mol. The number of benzene rings is 1. The van der Waals surface area contributed by atoms with Gasteiger partial charge in [-0.15, -0.1) is 0 Å². The molecule has 0 aliphatic heterocycles. The molecule has 0 aliphatic rings. The van der Waals surface area contributed by atoms with E-state index >= 15 is 0 Å². The number of anilines is 1. The zero-order valence-electron chi connectivity index (χ0n) is 8.35. The van der Waals surface area contributed by atoms with Crippen LogP contribution in [0, 0.1) is 0 Å². The van der Waals surface area contributed by atoms with E-state index in [2.05, 4.69) is 4.74 Å². The number of esters is 1. The second-order valence-corrected chi connectivity index (χ2v) is 5.03. The predicted octanol–water partition coefficient (Wildman–Crippen LogP) is 0.459. The molecule has 15 heavy (non-hydrogen) atoms. The quantitative estimate of drug-likeness (QED) is 0.588. The van der Waals surface area contributed by atoms with Gasteiger partial charge in [-0.25, -0.2) is 13.2 Å². The molecule has 0 saturated heterocycles. The highest BCUT2D eigenvalue weighted by molar-refractivity contribution is 7.90. The molecule has 0 heterocycles. The predicted molar refractivity (Wildman–Crippen MR) is 55.3 cm³/mol. The Hall–Kier alpha value is -1.56. The third kappa shape index (κ3) is 2.47. The van der Waals surface area contributed by atoms with Gasteiger partial charge in [-0.2, -0.15) is 0 Å². The Morgan fingerprint density at radius 3 is 2.47 bits per heavy atom. The Morgan fingerprint density at radius 1 is 1.40 bits per heavy atom. The van der Waals surface area contributed by atoms with Crippen molar-refractivity contribution in [1.29, 1.82) is 0 Å². The van der Waals surface area contributed by atoms with Crippen LogP contribution in [0.3, 0.4) is 0 Å². The Kier molecular flexibility index (Phi) is 2.99. The molecule has 0 saturated carbocycles. The molecule has 1 rings (SSSR count). The maximum Gasteiger partial charge on any atom is 0.339 e. The van der Waals surface area contributed by atoms with Crippen LogP contribution in [0.2, 0.25) is 0 Å². The van der Waals surface area contributed by atoms with Gasteiger partial charge in [-0.1, -0.05) is 0 Å². The van der Waals surface area contributed by atoms with Crippen LogP contribution in [0.1, 0.15) is 10.4 Å². The van der Waals surface area contributed by atoms with Crippen molar-refractivity contribution in [3.8, 4) is 0 Å².